The molecule has 0 aliphatic carbocycles. The summed E-state index contributed by atoms with van der Waals surface area (Å²) in [7, 11) is 0. The van der Waals surface area contributed by atoms with Gasteiger partial charge in [-0.25, -0.2) is 4.98 Å². The fourth-order valence-corrected chi connectivity index (χ4v) is 1.58. The molecule has 60 valence electrons. The number of fused-ring (bicyclic) bond motifs is 1. The van der Waals surface area contributed by atoms with Crippen molar-refractivity contribution in [2.45, 2.75) is 6.92 Å². The second-order valence-electron chi connectivity index (χ2n) is 2.86. The lowest BCUT2D eigenvalue weighted by atomic mass is 10.1. The van der Waals surface area contributed by atoms with E-state index in [1.165, 1.54) is 16.3 Å². The van der Waals surface area contributed by atoms with Gasteiger partial charge in [0.15, 0.2) is 0 Å². The standard InChI is InChI=1S/C10H8BrN/c1-7-2-3-8-6-12-10(11)5-9(8)4-7/h2-6H,1H3. The fourth-order valence-electron chi connectivity index (χ4n) is 1.23. The van der Waals surface area contributed by atoms with Crippen molar-refractivity contribution in [3.63, 3.8) is 0 Å². The average Bonchev–Trinajstić information content (AvgIpc) is 2.03. The van der Waals surface area contributed by atoms with Crippen LogP contribution in [0, 0.1) is 6.92 Å². The lowest BCUT2D eigenvalue weighted by Crippen LogP contribution is -1.78. The van der Waals surface area contributed by atoms with Crippen molar-refractivity contribution in [2.24, 2.45) is 0 Å². The maximum Gasteiger partial charge on any atom is 0.106 e. The van der Waals surface area contributed by atoms with E-state index in [4.69, 9.17) is 0 Å². The Balaban J connectivity index is 2.80. The zero-order chi connectivity index (χ0) is 8.55. The summed E-state index contributed by atoms with van der Waals surface area (Å²) in [6.07, 6.45) is 1.87. The number of nitrogens with zero attached hydrogens (tertiary/aromatic N) is 1. The van der Waals surface area contributed by atoms with Crippen molar-refractivity contribution in [3.8, 4) is 0 Å². The number of hydrogen-bond acceptors (Lipinski definition) is 1. The second kappa shape index (κ2) is 2.87. The van der Waals surface area contributed by atoms with Crippen LogP contribution in [0.3, 0.4) is 0 Å². The molecule has 1 heterocycles. The van der Waals surface area contributed by atoms with E-state index in [0.717, 1.165) is 4.60 Å². The zero-order valence-electron chi connectivity index (χ0n) is 6.71. The summed E-state index contributed by atoms with van der Waals surface area (Å²) < 4.78 is 0.889. The Bertz CT molecular complexity index is 386. The normalized spacial score (nSPS) is 10.5. The molecule has 12 heavy (non-hydrogen) atoms. The molecule has 0 aliphatic heterocycles. The third-order valence-electron chi connectivity index (χ3n) is 1.84. The molecule has 0 N–H and O–H groups in total. The number of halogens is 1. The Labute approximate surface area is 79.6 Å². The summed E-state index contributed by atoms with van der Waals surface area (Å²) in [5.74, 6) is 0. The third kappa shape index (κ3) is 1.34. The molecule has 0 radical (unpaired) electrons. The Kier molecular flexibility index (Phi) is 1.85. The first-order chi connectivity index (χ1) is 5.75. The van der Waals surface area contributed by atoms with Crippen LogP contribution < -0.4 is 0 Å². The third-order valence-corrected chi connectivity index (χ3v) is 2.28. The molecule has 1 aromatic carbocycles. The Morgan fingerprint density at radius 3 is 2.83 bits per heavy atom. The number of hydrogen-bond donors (Lipinski definition) is 0. The molecule has 1 nitrogen and oxygen atoms in total. The quantitative estimate of drug-likeness (QED) is 0.623. The molecule has 2 heteroatoms. The minimum atomic E-state index is 0.889. The molecule has 0 bridgehead atoms. The molecular formula is C10H8BrN. The maximum absolute atomic E-state index is 4.15. The number of pyridine rings is 1. The number of aryl methyl sites for hydroxylation is 1. The van der Waals surface area contributed by atoms with Gasteiger partial charge in [0.05, 0.1) is 0 Å². The van der Waals surface area contributed by atoms with Gasteiger partial charge in [-0.2, -0.15) is 0 Å². The fraction of sp³-hybridized carbons (Fsp3) is 0.100. The van der Waals surface area contributed by atoms with Gasteiger partial charge in [-0.05, 0) is 34.3 Å². The van der Waals surface area contributed by atoms with Crippen LogP contribution in [-0.2, 0) is 0 Å². The lowest BCUT2D eigenvalue weighted by molar-refractivity contribution is 1.31. The topological polar surface area (TPSA) is 12.9 Å². The SMILES string of the molecule is Cc1ccc2cnc(Br)cc2c1. The maximum atomic E-state index is 4.15. The summed E-state index contributed by atoms with van der Waals surface area (Å²) in [5.41, 5.74) is 1.28. The van der Waals surface area contributed by atoms with E-state index >= 15 is 0 Å². The number of rotatable bonds is 0. The molecule has 0 atom stereocenters. The van der Waals surface area contributed by atoms with Crippen molar-refractivity contribution in [1.82, 2.24) is 4.98 Å². The highest BCUT2D eigenvalue weighted by atomic mass is 79.9. The summed E-state index contributed by atoms with van der Waals surface area (Å²) in [5, 5.41) is 2.42. The van der Waals surface area contributed by atoms with Crippen LogP contribution in [0.4, 0.5) is 0 Å². The molecule has 1 aromatic heterocycles. The van der Waals surface area contributed by atoms with Crippen molar-refractivity contribution in [1.29, 1.82) is 0 Å². The van der Waals surface area contributed by atoms with Crippen molar-refractivity contribution >= 4 is 26.7 Å². The van der Waals surface area contributed by atoms with Gasteiger partial charge in [-0.1, -0.05) is 23.8 Å². The number of benzene rings is 1. The summed E-state index contributed by atoms with van der Waals surface area (Å²) in [6.45, 7) is 2.09. The highest BCUT2D eigenvalue weighted by Crippen LogP contribution is 2.18. The van der Waals surface area contributed by atoms with E-state index in [2.05, 4.69) is 46.0 Å². The van der Waals surface area contributed by atoms with Crippen LogP contribution >= 0.6 is 15.9 Å². The van der Waals surface area contributed by atoms with Crippen LogP contribution in [0.25, 0.3) is 10.8 Å². The number of aromatic nitrogens is 1. The Hall–Kier alpha value is -0.890. The van der Waals surface area contributed by atoms with Crippen molar-refractivity contribution in [3.05, 3.63) is 40.6 Å². The molecular weight excluding hydrogens is 214 g/mol. The molecule has 2 rings (SSSR count). The molecule has 0 amide bonds. The van der Waals surface area contributed by atoms with E-state index in [9.17, 15) is 0 Å². The second-order valence-corrected chi connectivity index (χ2v) is 3.67. The van der Waals surface area contributed by atoms with Crippen LogP contribution in [0.15, 0.2) is 35.1 Å². The van der Waals surface area contributed by atoms with Crippen molar-refractivity contribution in [2.75, 3.05) is 0 Å². The Morgan fingerprint density at radius 1 is 1.17 bits per heavy atom. The van der Waals surface area contributed by atoms with E-state index in [0.29, 0.717) is 0 Å². The lowest BCUT2D eigenvalue weighted by Gasteiger charge is -1.98. The predicted molar refractivity (Wildman–Crippen MR) is 54.2 cm³/mol. The van der Waals surface area contributed by atoms with E-state index in [-0.39, 0.29) is 0 Å². The first-order valence-electron chi connectivity index (χ1n) is 3.77. The van der Waals surface area contributed by atoms with Crippen molar-refractivity contribution < 1.29 is 0 Å². The zero-order valence-corrected chi connectivity index (χ0v) is 8.30. The van der Waals surface area contributed by atoms with Gasteiger partial charge >= 0.3 is 0 Å². The van der Waals surface area contributed by atoms with Gasteiger partial charge in [-0.3, -0.25) is 0 Å². The highest BCUT2D eigenvalue weighted by molar-refractivity contribution is 9.10. The van der Waals surface area contributed by atoms with Gasteiger partial charge in [0, 0.05) is 11.6 Å². The minimum Gasteiger partial charge on any atom is -0.249 e. The largest absolute Gasteiger partial charge is 0.249 e. The highest BCUT2D eigenvalue weighted by Gasteiger charge is 1.94. The summed E-state index contributed by atoms with van der Waals surface area (Å²) in [4.78, 5) is 4.15. The molecule has 0 spiro atoms. The first kappa shape index (κ1) is 7.74. The smallest absolute Gasteiger partial charge is 0.106 e. The summed E-state index contributed by atoms with van der Waals surface area (Å²) >= 11 is 3.35. The van der Waals surface area contributed by atoms with Gasteiger partial charge < -0.3 is 0 Å². The van der Waals surface area contributed by atoms with Crippen LogP contribution in [-0.4, -0.2) is 4.98 Å². The van der Waals surface area contributed by atoms with Gasteiger partial charge in [0.2, 0.25) is 0 Å². The minimum absolute atomic E-state index is 0.889. The van der Waals surface area contributed by atoms with E-state index in [1.54, 1.807) is 0 Å². The van der Waals surface area contributed by atoms with Gasteiger partial charge in [-0.15, -0.1) is 0 Å². The van der Waals surface area contributed by atoms with E-state index in [1.807, 2.05) is 12.3 Å². The predicted octanol–water partition coefficient (Wildman–Crippen LogP) is 3.31. The average molecular weight is 222 g/mol. The van der Waals surface area contributed by atoms with E-state index < -0.39 is 0 Å². The summed E-state index contributed by atoms with van der Waals surface area (Å²) in [6, 6.07) is 8.37. The molecule has 0 saturated heterocycles. The Morgan fingerprint density at radius 2 is 2.00 bits per heavy atom. The van der Waals surface area contributed by atoms with Crippen LogP contribution in [0.1, 0.15) is 5.56 Å². The van der Waals surface area contributed by atoms with Crippen LogP contribution in [0.5, 0.6) is 0 Å². The van der Waals surface area contributed by atoms with Gasteiger partial charge in [0.25, 0.3) is 0 Å². The first-order valence-corrected chi connectivity index (χ1v) is 4.57. The monoisotopic (exact) mass is 221 g/mol. The molecule has 0 saturated carbocycles. The molecule has 0 fully saturated rings. The van der Waals surface area contributed by atoms with Crippen LogP contribution in [0.2, 0.25) is 0 Å². The molecule has 0 unspecified atom stereocenters. The molecule has 0 aliphatic rings. The molecule has 2 aromatic rings. The van der Waals surface area contributed by atoms with Gasteiger partial charge in [0.1, 0.15) is 4.60 Å².